The van der Waals surface area contributed by atoms with E-state index in [-0.39, 0.29) is 0 Å². The molecule has 0 radical (unpaired) electrons. The van der Waals surface area contributed by atoms with E-state index in [1.54, 1.807) is 0 Å². The maximum absolute atomic E-state index is 10.7. The van der Waals surface area contributed by atoms with Gasteiger partial charge in [0.15, 0.2) is 6.10 Å². The molecule has 1 aromatic carbocycles. The van der Waals surface area contributed by atoms with Gasteiger partial charge in [-0.2, -0.15) is 0 Å². The number of halogens is 2. The molecule has 0 aliphatic rings. The SMILES string of the molecule is COC(C(=O)O)c1cc(Cl)cc(Cl)c1. The number of hydrogen-bond donors (Lipinski definition) is 1. The van der Waals surface area contributed by atoms with E-state index >= 15 is 0 Å². The summed E-state index contributed by atoms with van der Waals surface area (Å²) in [6, 6.07) is 4.55. The summed E-state index contributed by atoms with van der Waals surface area (Å²) in [7, 11) is 1.31. The molecule has 0 spiro atoms. The van der Waals surface area contributed by atoms with Gasteiger partial charge < -0.3 is 9.84 Å². The van der Waals surface area contributed by atoms with E-state index in [4.69, 9.17) is 33.0 Å². The van der Waals surface area contributed by atoms with Crippen LogP contribution in [0.1, 0.15) is 11.7 Å². The van der Waals surface area contributed by atoms with Gasteiger partial charge in [-0.15, -0.1) is 0 Å². The molecule has 1 rings (SSSR count). The van der Waals surface area contributed by atoms with E-state index in [9.17, 15) is 4.79 Å². The fourth-order valence-electron chi connectivity index (χ4n) is 1.11. The van der Waals surface area contributed by atoms with E-state index in [1.807, 2.05) is 0 Å². The molecule has 0 fully saturated rings. The summed E-state index contributed by atoms with van der Waals surface area (Å²) < 4.78 is 4.79. The van der Waals surface area contributed by atoms with Gasteiger partial charge >= 0.3 is 5.97 Å². The summed E-state index contributed by atoms with van der Waals surface area (Å²) in [6.07, 6.45) is -1.04. The van der Waals surface area contributed by atoms with Crippen molar-refractivity contribution in [3.63, 3.8) is 0 Å². The van der Waals surface area contributed by atoms with Crippen LogP contribution in [0.25, 0.3) is 0 Å². The Balaban J connectivity index is 3.10. The Morgan fingerprint density at radius 3 is 2.21 bits per heavy atom. The number of rotatable bonds is 3. The molecule has 0 aliphatic carbocycles. The van der Waals surface area contributed by atoms with Crippen LogP contribution in [0.5, 0.6) is 0 Å². The lowest BCUT2D eigenvalue weighted by molar-refractivity contribution is -0.148. The van der Waals surface area contributed by atoms with Crippen molar-refractivity contribution in [1.29, 1.82) is 0 Å². The Morgan fingerprint density at radius 1 is 1.36 bits per heavy atom. The van der Waals surface area contributed by atoms with Gasteiger partial charge in [-0.05, 0) is 23.8 Å². The molecule has 0 aliphatic heterocycles. The summed E-state index contributed by atoms with van der Waals surface area (Å²) in [5.41, 5.74) is 0.428. The highest BCUT2D eigenvalue weighted by Gasteiger charge is 2.19. The number of ether oxygens (including phenoxy) is 1. The number of methoxy groups -OCH3 is 1. The minimum Gasteiger partial charge on any atom is -0.479 e. The molecule has 0 saturated heterocycles. The van der Waals surface area contributed by atoms with E-state index in [1.165, 1.54) is 25.3 Å². The molecule has 5 heteroatoms. The zero-order chi connectivity index (χ0) is 10.7. The highest BCUT2D eigenvalue weighted by Crippen LogP contribution is 2.25. The zero-order valence-electron chi connectivity index (χ0n) is 7.33. The fourth-order valence-corrected chi connectivity index (χ4v) is 1.65. The second-order valence-electron chi connectivity index (χ2n) is 2.66. The molecule has 14 heavy (non-hydrogen) atoms. The van der Waals surface area contributed by atoms with Gasteiger partial charge in [0.1, 0.15) is 0 Å². The first kappa shape index (κ1) is 11.3. The zero-order valence-corrected chi connectivity index (χ0v) is 8.84. The molecule has 1 N–H and O–H groups in total. The Labute approximate surface area is 91.2 Å². The average molecular weight is 235 g/mol. The molecule has 0 aromatic heterocycles. The molecule has 0 saturated carbocycles. The molecule has 1 atom stereocenters. The normalized spacial score (nSPS) is 12.5. The summed E-state index contributed by atoms with van der Waals surface area (Å²) >= 11 is 11.4. The second-order valence-corrected chi connectivity index (χ2v) is 3.53. The Bertz CT molecular complexity index is 332. The predicted octanol–water partition coefficient (Wildman–Crippen LogP) is 2.77. The molecule has 3 nitrogen and oxygen atoms in total. The molecule has 1 aromatic rings. The third-order valence-corrected chi connectivity index (χ3v) is 2.08. The molecule has 0 amide bonds. The highest BCUT2D eigenvalue weighted by atomic mass is 35.5. The Hall–Kier alpha value is -0.770. The minimum atomic E-state index is -1.08. The second kappa shape index (κ2) is 4.64. The Morgan fingerprint density at radius 2 is 1.86 bits per heavy atom. The summed E-state index contributed by atoms with van der Waals surface area (Å²) in [5.74, 6) is -1.08. The average Bonchev–Trinajstić information content (AvgIpc) is 2.02. The van der Waals surface area contributed by atoms with Crippen LogP contribution in [0.4, 0.5) is 0 Å². The van der Waals surface area contributed by atoms with Gasteiger partial charge in [-0.1, -0.05) is 23.2 Å². The maximum Gasteiger partial charge on any atom is 0.337 e. The van der Waals surface area contributed by atoms with Gasteiger partial charge in [0.25, 0.3) is 0 Å². The molecular formula is C9H8Cl2O3. The predicted molar refractivity (Wildman–Crippen MR) is 53.8 cm³/mol. The lowest BCUT2D eigenvalue weighted by atomic mass is 10.1. The van der Waals surface area contributed by atoms with Crippen molar-refractivity contribution in [3.05, 3.63) is 33.8 Å². The standard InChI is InChI=1S/C9H8Cl2O3/c1-14-8(9(12)13)5-2-6(10)4-7(11)3-5/h2-4,8H,1H3,(H,12,13). The molecular weight excluding hydrogens is 227 g/mol. The highest BCUT2D eigenvalue weighted by molar-refractivity contribution is 6.34. The number of hydrogen-bond acceptors (Lipinski definition) is 2. The van der Waals surface area contributed by atoms with Crippen LogP contribution in [0.3, 0.4) is 0 Å². The number of carboxylic acid groups (broad SMARTS) is 1. The van der Waals surface area contributed by atoms with Gasteiger partial charge in [0.05, 0.1) is 0 Å². The quantitative estimate of drug-likeness (QED) is 0.876. The lowest BCUT2D eigenvalue weighted by Gasteiger charge is -2.11. The first-order valence-electron chi connectivity index (χ1n) is 3.76. The van der Waals surface area contributed by atoms with Crippen LogP contribution < -0.4 is 0 Å². The molecule has 0 bridgehead atoms. The topological polar surface area (TPSA) is 46.5 Å². The summed E-state index contributed by atoms with van der Waals surface area (Å²) in [6.45, 7) is 0. The van der Waals surface area contributed by atoms with Crippen LogP contribution in [0.2, 0.25) is 10.0 Å². The summed E-state index contributed by atoms with van der Waals surface area (Å²) in [4.78, 5) is 10.7. The van der Waals surface area contributed by atoms with Crippen molar-refractivity contribution in [1.82, 2.24) is 0 Å². The number of benzene rings is 1. The maximum atomic E-state index is 10.7. The first-order chi connectivity index (χ1) is 6.54. The number of aliphatic carboxylic acids is 1. The van der Waals surface area contributed by atoms with E-state index in [2.05, 4.69) is 0 Å². The van der Waals surface area contributed by atoms with Crippen molar-refractivity contribution < 1.29 is 14.6 Å². The fraction of sp³-hybridized carbons (Fsp3) is 0.222. The summed E-state index contributed by atoms with van der Waals surface area (Å²) in [5, 5.41) is 9.57. The van der Waals surface area contributed by atoms with E-state index in [0.717, 1.165) is 0 Å². The van der Waals surface area contributed by atoms with Crippen LogP contribution >= 0.6 is 23.2 Å². The van der Waals surface area contributed by atoms with Gasteiger partial charge in [-0.3, -0.25) is 0 Å². The van der Waals surface area contributed by atoms with Crippen LogP contribution in [-0.4, -0.2) is 18.2 Å². The Kier molecular flexibility index (Phi) is 3.75. The van der Waals surface area contributed by atoms with Gasteiger partial charge in [0.2, 0.25) is 0 Å². The third-order valence-electron chi connectivity index (χ3n) is 1.65. The van der Waals surface area contributed by atoms with Crippen LogP contribution in [0, 0.1) is 0 Å². The van der Waals surface area contributed by atoms with Gasteiger partial charge in [0, 0.05) is 17.2 Å². The third kappa shape index (κ3) is 2.61. The van der Waals surface area contributed by atoms with Crippen LogP contribution in [0.15, 0.2) is 18.2 Å². The van der Waals surface area contributed by atoms with Crippen LogP contribution in [-0.2, 0) is 9.53 Å². The molecule has 76 valence electrons. The van der Waals surface area contributed by atoms with Gasteiger partial charge in [-0.25, -0.2) is 4.79 Å². The lowest BCUT2D eigenvalue weighted by Crippen LogP contribution is -2.13. The molecule has 1 unspecified atom stereocenters. The van der Waals surface area contributed by atoms with Crippen molar-refractivity contribution in [2.24, 2.45) is 0 Å². The number of carbonyl (C=O) groups is 1. The van der Waals surface area contributed by atoms with Crippen molar-refractivity contribution >= 4 is 29.2 Å². The van der Waals surface area contributed by atoms with Crippen molar-refractivity contribution in [3.8, 4) is 0 Å². The minimum absolute atomic E-state index is 0.385. The van der Waals surface area contributed by atoms with Crippen molar-refractivity contribution in [2.45, 2.75) is 6.10 Å². The monoisotopic (exact) mass is 234 g/mol. The largest absolute Gasteiger partial charge is 0.479 e. The van der Waals surface area contributed by atoms with E-state index in [0.29, 0.717) is 15.6 Å². The first-order valence-corrected chi connectivity index (χ1v) is 4.51. The van der Waals surface area contributed by atoms with Crippen molar-refractivity contribution in [2.75, 3.05) is 7.11 Å². The number of carboxylic acids is 1. The molecule has 0 heterocycles. The van der Waals surface area contributed by atoms with E-state index < -0.39 is 12.1 Å². The smallest absolute Gasteiger partial charge is 0.337 e.